The van der Waals surface area contributed by atoms with E-state index in [9.17, 15) is 9.18 Å². The van der Waals surface area contributed by atoms with Gasteiger partial charge in [-0.1, -0.05) is 27.5 Å². The minimum absolute atomic E-state index is 0.121. The van der Waals surface area contributed by atoms with Crippen molar-refractivity contribution in [2.24, 2.45) is 0 Å². The molecule has 3 N–H and O–H groups in total. The average molecular weight is 444 g/mol. The predicted molar refractivity (Wildman–Crippen MR) is 98.1 cm³/mol. The predicted octanol–water partition coefficient (Wildman–Crippen LogP) is 3.29. The lowest BCUT2D eigenvalue weighted by Crippen LogP contribution is -2.27. The largest absolute Gasteiger partial charge is 0.394 e. The van der Waals surface area contributed by atoms with E-state index in [0.717, 1.165) is 10.7 Å². The molecule has 0 aliphatic rings. The number of rotatable bonds is 6. The number of benzene rings is 1. The molecule has 0 bridgehead atoms. The minimum Gasteiger partial charge on any atom is -0.394 e. The van der Waals surface area contributed by atoms with Crippen LogP contribution in [0.15, 0.2) is 41.4 Å². The molecule has 0 aliphatic carbocycles. The maximum Gasteiger partial charge on any atom is 0.280 e. The normalized spacial score (nSPS) is 10.9. The van der Waals surface area contributed by atoms with E-state index in [1.54, 1.807) is 18.2 Å². The maximum absolute atomic E-state index is 14.6. The van der Waals surface area contributed by atoms with Crippen molar-refractivity contribution in [1.82, 2.24) is 14.9 Å². The molecule has 0 unspecified atom stereocenters. The molecule has 0 spiro atoms. The highest BCUT2D eigenvalue weighted by molar-refractivity contribution is 9.10. The second kappa shape index (κ2) is 8.00. The lowest BCUT2D eigenvalue weighted by atomic mass is 10.1. The van der Waals surface area contributed by atoms with Gasteiger partial charge in [-0.3, -0.25) is 9.63 Å². The Bertz CT molecular complexity index is 966. The third-order valence-corrected chi connectivity index (χ3v) is 4.25. The number of carbonyl (C=O) groups is 1. The molecule has 0 saturated heterocycles. The molecule has 1 aromatic carbocycles. The fourth-order valence-electron chi connectivity index (χ4n) is 2.32. The van der Waals surface area contributed by atoms with Crippen LogP contribution in [0.3, 0.4) is 0 Å². The van der Waals surface area contributed by atoms with Gasteiger partial charge in [0.1, 0.15) is 5.56 Å². The summed E-state index contributed by atoms with van der Waals surface area (Å²) in [5.41, 5.74) is 2.96. The number of fused-ring (bicyclic) bond motifs is 1. The highest BCUT2D eigenvalue weighted by Gasteiger charge is 2.22. The molecule has 7 nitrogen and oxygen atoms in total. The van der Waals surface area contributed by atoms with Crippen LogP contribution in [0.2, 0.25) is 5.02 Å². The van der Waals surface area contributed by atoms with Crippen molar-refractivity contribution in [2.75, 3.05) is 18.5 Å². The van der Waals surface area contributed by atoms with Crippen LogP contribution in [0.5, 0.6) is 0 Å². The summed E-state index contributed by atoms with van der Waals surface area (Å²) in [6.07, 6.45) is 4.04. The van der Waals surface area contributed by atoms with Gasteiger partial charge in [0.25, 0.3) is 5.91 Å². The lowest BCUT2D eigenvalue weighted by molar-refractivity contribution is 0.0166. The highest BCUT2D eigenvalue weighted by atomic mass is 79.9. The summed E-state index contributed by atoms with van der Waals surface area (Å²) >= 11 is 9.53. The number of halogens is 3. The molecule has 0 radical (unpaired) electrons. The Hall–Kier alpha value is -2.20. The van der Waals surface area contributed by atoms with Gasteiger partial charge in [-0.2, -0.15) is 0 Å². The van der Waals surface area contributed by atoms with Crippen LogP contribution >= 0.6 is 27.5 Å². The summed E-state index contributed by atoms with van der Waals surface area (Å²) in [5.74, 6) is -1.59. The number of aliphatic hydroxyl groups is 1. The quantitative estimate of drug-likeness (QED) is 0.402. The Kier molecular flexibility index (Phi) is 5.72. The summed E-state index contributed by atoms with van der Waals surface area (Å²) < 4.78 is 16.8. The van der Waals surface area contributed by atoms with Crippen molar-refractivity contribution in [3.05, 3.63) is 57.8 Å². The van der Waals surface area contributed by atoms with Gasteiger partial charge in [-0.25, -0.2) is 14.9 Å². The average Bonchev–Trinajstić information content (AvgIpc) is 3.05. The first-order valence-electron chi connectivity index (χ1n) is 7.40. The van der Waals surface area contributed by atoms with Gasteiger partial charge in [0, 0.05) is 10.7 Å². The first kappa shape index (κ1) is 18.6. The van der Waals surface area contributed by atoms with Crippen LogP contribution in [0.25, 0.3) is 5.52 Å². The van der Waals surface area contributed by atoms with Crippen molar-refractivity contribution in [2.45, 2.75) is 0 Å². The number of nitrogens with one attached hydrogen (secondary N) is 2. The molecular weight excluding hydrogens is 431 g/mol. The van der Waals surface area contributed by atoms with Gasteiger partial charge < -0.3 is 14.8 Å². The number of amides is 1. The Labute approximate surface area is 160 Å². The molecule has 10 heteroatoms. The van der Waals surface area contributed by atoms with Gasteiger partial charge >= 0.3 is 0 Å². The molecule has 2 aromatic heterocycles. The summed E-state index contributed by atoms with van der Waals surface area (Å²) in [7, 11) is 0. The number of hydroxylamine groups is 1. The zero-order valence-electron chi connectivity index (χ0n) is 13.2. The molecule has 1 amide bonds. The van der Waals surface area contributed by atoms with Gasteiger partial charge in [0.2, 0.25) is 0 Å². The fourth-order valence-corrected chi connectivity index (χ4v) is 3.04. The minimum atomic E-state index is -0.810. The number of imidazole rings is 1. The molecule has 0 saturated carbocycles. The van der Waals surface area contributed by atoms with Gasteiger partial charge in [-0.05, 0) is 18.2 Å². The number of nitrogens with zero attached hydrogens (tertiary/aromatic N) is 2. The zero-order chi connectivity index (χ0) is 18.7. The van der Waals surface area contributed by atoms with Crippen molar-refractivity contribution in [3.8, 4) is 0 Å². The molecule has 0 aliphatic heterocycles. The van der Waals surface area contributed by atoms with E-state index in [1.807, 2.05) is 0 Å². The van der Waals surface area contributed by atoms with E-state index in [-0.39, 0.29) is 24.5 Å². The number of aliphatic hydroxyl groups excluding tert-OH is 1. The number of anilines is 2. The van der Waals surface area contributed by atoms with Crippen LogP contribution in [0.4, 0.5) is 15.8 Å². The third-order valence-electron chi connectivity index (χ3n) is 3.44. The number of aromatic nitrogens is 2. The molecule has 0 atom stereocenters. The fraction of sp³-hybridized carbons (Fsp3) is 0.125. The molecule has 26 heavy (non-hydrogen) atoms. The first-order valence-corrected chi connectivity index (χ1v) is 8.57. The molecule has 0 fully saturated rings. The van der Waals surface area contributed by atoms with Crippen LogP contribution in [0.1, 0.15) is 10.4 Å². The van der Waals surface area contributed by atoms with Crippen LogP contribution in [0, 0.1) is 5.82 Å². The second-order valence-electron chi connectivity index (χ2n) is 5.17. The number of carbonyl (C=O) groups excluding carboxylic acids is 1. The zero-order valence-corrected chi connectivity index (χ0v) is 15.5. The van der Waals surface area contributed by atoms with Crippen LogP contribution in [-0.4, -0.2) is 33.6 Å². The molecule has 3 rings (SSSR count). The van der Waals surface area contributed by atoms with Crippen LogP contribution in [-0.2, 0) is 4.84 Å². The number of pyridine rings is 1. The van der Waals surface area contributed by atoms with Crippen molar-refractivity contribution >= 4 is 50.3 Å². The third kappa shape index (κ3) is 3.80. The highest BCUT2D eigenvalue weighted by Crippen LogP contribution is 2.33. The summed E-state index contributed by atoms with van der Waals surface area (Å²) in [6.45, 7) is -0.409. The van der Waals surface area contributed by atoms with E-state index < -0.39 is 11.7 Å². The monoisotopic (exact) mass is 442 g/mol. The summed E-state index contributed by atoms with van der Waals surface area (Å²) in [6, 6.07) is 5.11. The second-order valence-corrected chi connectivity index (χ2v) is 6.49. The molecule has 2 heterocycles. The molecule has 136 valence electrons. The Morgan fingerprint density at radius 2 is 2.27 bits per heavy atom. The van der Waals surface area contributed by atoms with Crippen molar-refractivity contribution in [1.29, 1.82) is 0 Å². The topological polar surface area (TPSA) is 87.9 Å². The number of hydrogen-bond acceptors (Lipinski definition) is 5. The Morgan fingerprint density at radius 3 is 3.00 bits per heavy atom. The number of hydrogen-bond donors (Lipinski definition) is 3. The van der Waals surface area contributed by atoms with E-state index >= 15 is 0 Å². The molecule has 3 aromatic rings. The lowest BCUT2D eigenvalue weighted by Gasteiger charge is -2.15. The summed E-state index contributed by atoms with van der Waals surface area (Å²) in [5, 5.41) is 12.1. The molecular formula is C16H13BrClFN4O3. The van der Waals surface area contributed by atoms with E-state index in [4.69, 9.17) is 21.5 Å². The summed E-state index contributed by atoms with van der Waals surface area (Å²) in [4.78, 5) is 21.2. The van der Waals surface area contributed by atoms with Gasteiger partial charge in [-0.15, -0.1) is 0 Å². The van der Waals surface area contributed by atoms with Crippen molar-refractivity contribution < 1.29 is 19.1 Å². The van der Waals surface area contributed by atoms with E-state index in [2.05, 4.69) is 31.7 Å². The Balaban J connectivity index is 2.07. The van der Waals surface area contributed by atoms with Gasteiger partial charge in [0.15, 0.2) is 5.82 Å². The standard InChI is InChI=1S/C16H13BrClFN4O3/c17-9-1-2-12(10(18)5-9)21-15-13-6-20-8-23(13)7-11(19)14(15)16(25)22-26-4-3-24/h1-2,5-8,21,24H,3-4H2,(H,22,25). The van der Waals surface area contributed by atoms with E-state index in [0.29, 0.717) is 16.2 Å². The van der Waals surface area contributed by atoms with E-state index in [1.165, 1.54) is 16.9 Å². The van der Waals surface area contributed by atoms with Crippen LogP contribution < -0.4 is 10.8 Å². The SMILES string of the molecule is O=C(NOCCO)c1c(F)cn2cncc2c1Nc1ccc(Br)cc1Cl. The Morgan fingerprint density at radius 1 is 1.46 bits per heavy atom. The first-order chi connectivity index (χ1) is 12.5. The smallest absolute Gasteiger partial charge is 0.280 e. The van der Waals surface area contributed by atoms with Gasteiger partial charge in [0.05, 0.1) is 47.7 Å². The maximum atomic E-state index is 14.6. The van der Waals surface area contributed by atoms with Crippen molar-refractivity contribution in [3.63, 3.8) is 0 Å².